The van der Waals surface area contributed by atoms with E-state index in [1.54, 1.807) is 16.7 Å². The van der Waals surface area contributed by atoms with Crippen LogP contribution in [-0.4, -0.2) is 20.7 Å². The number of carbonyl (C=O) groups is 1. The summed E-state index contributed by atoms with van der Waals surface area (Å²) in [5.74, 6) is -0.0470. The smallest absolute Gasteiger partial charge is 0.262 e. The highest BCUT2D eigenvalue weighted by atomic mass is 32.2. The van der Waals surface area contributed by atoms with Crippen molar-refractivity contribution in [1.29, 1.82) is 0 Å². The lowest BCUT2D eigenvalue weighted by molar-refractivity contribution is -0.121. The first kappa shape index (κ1) is 20.4. The molecule has 0 fully saturated rings. The van der Waals surface area contributed by atoms with Crippen molar-refractivity contribution in [2.24, 2.45) is 0 Å². The van der Waals surface area contributed by atoms with Crippen LogP contribution >= 0.6 is 11.8 Å². The van der Waals surface area contributed by atoms with Crippen LogP contribution in [-0.2, 0) is 17.8 Å². The van der Waals surface area contributed by atoms with E-state index in [0.29, 0.717) is 22.6 Å². The Morgan fingerprint density at radius 1 is 1.30 bits per heavy atom. The monoisotopic (exact) mass is 419 g/mol. The van der Waals surface area contributed by atoms with Gasteiger partial charge in [0, 0.05) is 6.54 Å². The molecule has 1 aromatic heterocycles. The van der Waals surface area contributed by atoms with Crippen LogP contribution in [0.3, 0.4) is 0 Å². The molecule has 0 saturated heterocycles. The number of fused-ring (bicyclic) bond motifs is 2. The number of benzene rings is 2. The summed E-state index contributed by atoms with van der Waals surface area (Å²) in [5.41, 5.74) is 3.04. The Kier molecular flexibility index (Phi) is 6.04. The van der Waals surface area contributed by atoms with Gasteiger partial charge in [0.1, 0.15) is 0 Å². The molecule has 30 heavy (non-hydrogen) atoms. The second-order valence-electron chi connectivity index (χ2n) is 7.53. The molecular formula is C24H25N3O2S. The number of aryl methyl sites for hydroxylation is 1. The Bertz CT molecular complexity index is 1150. The van der Waals surface area contributed by atoms with Crippen molar-refractivity contribution in [3.05, 3.63) is 82.7 Å². The first-order chi connectivity index (χ1) is 14.6. The van der Waals surface area contributed by atoms with Crippen molar-refractivity contribution in [3.63, 3.8) is 0 Å². The van der Waals surface area contributed by atoms with Crippen molar-refractivity contribution in [2.75, 3.05) is 0 Å². The number of allylic oxidation sites excluding steroid dienone is 1. The average Bonchev–Trinajstić information content (AvgIpc) is 2.76. The molecule has 2 unspecified atom stereocenters. The molecule has 1 aliphatic carbocycles. The lowest BCUT2D eigenvalue weighted by Gasteiger charge is -2.27. The van der Waals surface area contributed by atoms with Crippen molar-refractivity contribution in [3.8, 4) is 0 Å². The molecule has 6 heteroatoms. The van der Waals surface area contributed by atoms with Crippen molar-refractivity contribution < 1.29 is 4.79 Å². The van der Waals surface area contributed by atoms with Crippen LogP contribution in [0.25, 0.3) is 10.9 Å². The van der Waals surface area contributed by atoms with Gasteiger partial charge in [-0.15, -0.1) is 6.58 Å². The molecule has 1 amide bonds. The maximum Gasteiger partial charge on any atom is 0.262 e. The van der Waals surface area contributed by atoms with Crippen LogP contribution in [0.15, 0.2) is 71.1 Å². The molecule has 0 saturated carbocycles. The predicted molar refractivity (Wildman–Crippen MR) is 122 cm³/mol. The Hall–Kier alpha value is -2.86. The fraction of sp³-hybridized carbons (Fsp3) is 0.292. The fourth-order valence-corrected chi connectivity index (χ4v) is 4.86. The van der Waals surface area contributed by atoms with E-state index in [9.17, 15) is 9.59 Å². The maximum absolute atomic E-state index is 13.0. The lowest BCUT2D eigenvalue weighted by Crippen LogP contribution is -2.36. The molecule has 0 bridgehead atoms. The summed E-state index contributed by atoms with van der Waals surface area (Å²) in [6.45, 7) is 5.96. The average molecular weight is 420 g/mol. The van der Waals surface area contributed by atoms with Crippen molar-refractivity contribution >= 4 is 28.6 Å². The third-order valence-electron chi connectivity index (χ3n) is 5.48. The normalized spacial score (nSPS) is 16.6. The quantitative estimate of drug-likeness (QED) is 0.368. The summed E-state index contributed by atoms with van der Waals surface area (Å²) in [7, 11) is 0. The second-order valence-corrected chi connectivity index (χ2v) is 8.84. The number of hydrogen-bond donors (Lipinski definition) is 1. The number of aromatic nitrogens is 2. The number of thioether (sulfide) groups is 1. The third-order valence-corrected chi connectivity index (χ3v) is 6.57. The van der Waals surface area contributed by atoms with Crippen molar-refractivity contribution in [2.45, 2.75) is 49.2 Å². The second kappa shape index (κ2) is 8.88. The van der Waals surface area contributed by atoms with Crippen LogP contribution in [0.5, 0.6) is 0 Å². The van der Waals surface area contributed by atoms with E-state index in [2.05, 4.69) is 29.0 Å². The molecule has 2 atom stereocenters. The number of hydrogen-bond acceptors (Lipinski definition) is 4. The Balaban J connectivity index is 1.56. The highest BCUT2D eigenvalue weighted by Gasteiger charge is 2.25. The van der Waals surface area contributed by atoms with Gasteiger partial charge in [-0.1, -0.05) is 54.2 Å². The molecule has 0 aliphatic heterocycles. The van der Waals surface area contributed by atoms with Gasteiger partial charge in [0.2, 0.25) is 5.91 Å². The van der Waals surface area contributed by atoms with E-state index in [1.807, 2.05) is 37.3 Å². The number of amides is 1. The van der Waals surface area contributed by atoms with Gasteiger partial charge in [-0.2, -0.15) is 0 Å². The zero-order chi connectivity index (χ0) is 21.1. The van der Waals surface area contributed by atoms with Crippen LogP contribution in [0.1, 0.15) is 36.9 Å². The molecule has 1 heterocycles. The van der Waals surface area contributed by atoms with E-state index in [0.717, 1.165) is 19.3 Å². The predicted octanol–water partition coefficient (Wildman–Crippen LogP) is 4.26. The Labute approximate surface area is 180 Å². The molecule has 5 nitrogen and oxygen atoms in total. The summed E-state index contributed by atoms with van der Waals surface area (Å²) in [6, 6.07) is 15.6. The molecule has 154 valence electrons. The first-order valence-corrected chi connectivity index (χ1v) is 11.1. The zero-order valence-electron chi connectivity index (χ0n) is 17.0. The SMILES string of the molecule is C=CCn1c(SC(C)C(=O)NC2CCCc3ccccc32)nc2ccccc2c1=O. The maximum atomic E-state index is 13.0. The van der Waals surface area contributed by atoms with Crippen LogP contribution in [0.2, 0.25) is 0 Å². The number of nitrogens with one attached hydrogen (secondary N) is 1. The van der Waals surface area contributed by atoms with E-state index < -0.39 is 0 Å². The minimum atomic E-state index is -0.386. The zero-order valence-corrected chi connectivity index (χ0v) is 17.8. The number of nitrogens with zero attached hydrogens (tertiary/aromatic N) is 2. The van der Waals surface area contributed by atoms with E-state index in [4.69, 9.17) is 0 Å². The van der Waals surface area contributed by atoms with Gasteiger partial charge in [-0.3, -0.25) is 14.2 Å². The molecule has 0 radical (unpaired) electrons. The van der Waals surface area contributed by atoms with Gasteiger partial charge in [0.05, 0.1) is 22.2 Å². The molecule has 1 aliphatic rings. The summed E-state index contributed by atoms with van der Waals surface area (Å²) >= 11 is 1.31. The summed E-state index contributed by atoms with van der Waals surface area (Å²) in [4.78, 5) is 30.5. The van der Waals surface area contributed by atoms with Gasteiger partial charge in [-0.05, 0) is 49.4 Å². The highest BCUT2D eigenvalue weighted by Crippen LogP contribution is 2.30. The highest BCUT2D eigenvalue weighted by molar-refractivity contribution is 8.00. The topological polar surface area (TPSA) is 64.0 Å². The minimum Gasteiger partial charge on any atom is -0.348 e. The van der Waals surface area contributed by atoms with E-state index in [-0.39, 0.29) is 22.8 Å². The summed E-state index contributed by atoms with van der Waals surface area (Å²) in [6.07, 6.45) is 4.73. The first-order valence-electron chi connectivity index (χ1n) is 10.2. The van der Waals surface area contributed by atoms with Crippen LogP contribution < -0.4 is 10.9 Å². The third kappa shape index (κ3) is 4.05. The van der Waals surface area contributed by atoms with Crippen LogP contribution in [0, 0.1) is 0 Å². The molecule has 1 N–H and O–H groups in total. The molecule has 0 spiro atoms. The van der Waals surface area contributed by atoms with Crippen LogP contribution in [0.4, 0.5) is 0 Å². The van der Waals surface area contributed by atoms with E-state index in [1.165, 1.54) is 22.9 Å². The standard InChI is InChI=1S/C24H25N3O2S/c1-3-15-27-23(29)19-12-6-7-13-21(19)26-24(27)30-16(2)22(28)25-20-14-8-10-17-9-4-5-11-18(17)20/h3-7,9,11-13,16,20H,1,8,10,14-15H2,2H3,(H,25,28). The van der Waals surface area contributed by atoms with Gasteiger partial charge < -0.3 is 5.32 Å². The molecule has 4 rings (SSSR count). The van der Waals surface area contributed by atoms with Gasteiger partial charge in [0.25, 0.3) is 5.56 Å². The molecule has 2 aromatic carbocycles. The van der Waals surface area contributed by atoms with Gasteiger partial charge >= 0.3 is 0 Å². The molecular weight excluding hydrogens is 394 g/mol. The Morgan fingerprint density at radius 3 is 2.90 bits per heavy atom. The van der Waals surface area contributed by atoms with Gasteiger partial charge in [0.15, 0.2) is 5.16 Å². The lowest BCUT2D eigenvalue weighted by atomic mass is 9.88. The summed E-state index contributed by atoms with van der Waals surface area (Å²) in [5, 5.41) is 3.92. The number of rotatable bonds is 6. The van der Waals surface area contributed by atoms with Crippen molar-refractivity contribution in [1.82, 2.24) is 14.9 Å². The van der Waals surface area contributed by atoms with Gasteiger partial charge in [-0.25, -0.2) is 4.98 Å². The minimum absolute atomic E-state index is 0.0328. The largest absolute Gasteiger partial charge is 0.348 e. The van der Waals surface area contributed by atoms with E-state index >= 15 is 0 Å². The summed E-state index contributed by atoms with van der Waals surface area (Å²) < 4.78 is 1.58. The number of para-hydroxylation sites is 1. The number of carbonyl (C=O) groups excluding carboxylic acids is 1. The molecule has 3 aromatic rings. The Morgan fingerprint density at radius 2 is 2.07 bits per heavy atom. The fourth-order valence-electron chi connectivity index (χ4n) is 3.93.